The van der Waals surface area contributed by atoms with Crippen LogP contribution in [0.2, 0.25) is 0 Å². The van der Waals surface area contributed by atoms with Crippen LogP contribution in [0.5, 0.6) is 0 Å². The second kappa shape index (κ2) is 3.81. The number of hydrogen-bond donors (Lipinski definition) is 5. The van der Waals surface area contributed by atoms with Crippen molar-refractivity contribution >= 4 is 5.97 Å². The number of aliphatic hydroxyl groups is 4. The minimum atomic E-state index is -2.32. The summed E-state index contributed by atoms with van der Waals surface area (Å²) < 4.78 is 0. The lowest BCUT2D eigenvalue weighted by Crippen LogP contribution is -2.51. The van der Waals surface area contributed by atoms with E-state index in [0.29, 0.717) is 0 Å². The van der Waals surface area contributed by atoms with Gasteiger partial charge in [-0.05, 0) is 6.42 Å². The monoisotopic (exact) mass is 180 g/mol. The summed E-state index contributed by atoms with van der Waals surface area (Å²) in [4.78, 5) is 10.5. The molecule has 12 heavy (non-hydrogen) atoms. The molecule has 0 amide bonds. The van der Waals surface area contributed by atoms with Crippen molar-refractivity contribution in [2.75, 3.05) is 0 Å². The predicted octanol–water partition coefficient (Wildman–Crippen LogP) is -1.91. The van der Waals surface area contributed by atoms with E-state index in [4.69, 9.17) is 25.5 Å². The molecule has 0 aromatic heterocycles. The van der Waals surface area contributed by atoms with Crippen LogP contribution in [0, 0.1) is 5.41 Å². The number of carboxylic acid groups (broad SMARTS) is 1. The standard InChI is InChI=1S/C6H12O6/c1-2-6(3(7)8,4(9)10)5(11)12/h3-4,7-10H,2H2,1H3,(H,11,12). The highest BCUT2D eigenvalue weighted by Gasteiger charge is 2.49. The third kappa shape index (κ3) is 1.56. The minimum absolute atomic E-state index is 0.294. The van der Waals surface area contributed by atoms with Crippen LogP contribution >= 0.6 is 0 Å². The molecular formula is C6H12O6. The smallest absolute Gasteiger partial charge is 0.320 e. The zero-order valence-corrected chi connectivity index (χ0v) is 6.51. The molecule has 0 bridgehead atoms. The van der Waals surface area contributed by atoms with Gasteiger partial charge in [0.2, 0.25) is 0 Å². The van der Waals surface area contributed by atoms with E-state index >= 15 is 0 Å². The van der Waals surface area contributed by atoms with Crippen LogP contribution in [0.15, 0.2) is 0 Å². The van der Waals surface area contributed by atoms with Gasteiger partial charge in [0, 0.05) is 0 Å². The Labute approximate surface area is 68.7 Å². The van der Waals surface area contributed by atoms with Crippen molar-refractivity contribution in [1.82, 2.24) is 0 Å². The van der Waals surface area contributed by atoms with Gasteiger partial charge in [0.05, 0.1) is 0 Å². The van der Waals surface area contributed by atoms with Gasteiger partial charge in [-0.15, -0.1) is 0 Å². The SMILES string of the molecule is CCC(C(=O)O)(C(O)O)C(O)O. The average molecular weight is 180 g/mol. The van der Waals surface area contributed by atoms with E-state index in [2.05, 4.69) is 0 Å². The van der Waals surface area contributed by atoms with Gasteiger partial charge in [0.1, 0.15) is 0 Å². The zero-order chi connectivity index (χ0) is 9.94. The topological polar surface area (TPSA) is 118 Å². The molecule has 0 unspecified atom stereocenters. The molecule has 0 atom stereocenters. The number of rotatable bonds is 4. The van der Waals surface area contributed by atoms with Gasteiger partial charge in [-0.1, -0.05) is 6.92 Å². The Morgan fingerprint density at radius 3 is 1.58 bits per heavy atom. The fraction of sp³-hybridized carbons (Fsp3) is 0.833. The molecule has 6 heteroatoms. The Morgan fingerprint density at radius 1 is 1.25 bits per heavy atom. The van der Waals surface area contributed by atoms with E-state index in [9.17, 15) is 4.79 Å². The highest BCUT2D eigenvalue weighted by atomic mass is 16.5. The number of aliphatic carboxylic acids is 1. The van der Waals surface area contributed by atoms with Crippen LogP contribution in [0.4, 0.5) is 0 Å². The molecule has 0 aliphatic heterocycles. The highest BCUT2D eigenvalue weighted by Crippen LogP contribution is 2.29. The maximum atomic E-state index is 10.5. The largest absolute Gasteiger partial charge is 0.481 e. The van der Waals surface area contributed by atoms with Crippen LogP contribution in [-0.4, -0.2) is 44.1 Å². The molecule has 0 fully saturated rings. The van der Waals surface area contributed by atoms with Gasteiger partial charge < -0.3 is 25.5 Å². The Hall–Kier alpha value is -0.690. The molecule has 6 nitrogen and oxygen atoms in total. The maximum Gasteiger partial charge on any atom is 0.320 e. The average Bonchev–Trinajstić information content (AvgIpc) is 1.86. The minimum Gasteiger partial charge on any atom is -0.481 e. The van der Waals surface area contributed by atoms with Crippen LogP contribution in [0.25, 0.3) is 0 Å². The lowest BCUT2D eigenvalue weighted by Gasteiger charge is -2.30. The van der Waals surface area contributed by atoms with Crippen LogP contribution < -0.4 is 0 Å². The zero-order valence-electron chi connectivity index (χ0n) is 6.51. The van der Waals surface area contributed by atoms with Crippen LogP contribution in [0.1, 0.15) is 13.3 Å². The molecule has 72 valence electrons. The molecule has 0 radical (unpaired) electrons. The van der Waals surface area contributed by atoms with E-state index in [1.807, 2.05) is 0 Å². The summed E-state index contributed by atoms with van der Waals surface area (Å²) in [5, 5.41) is 43.2. The summed E-state index contributed by atoms with van der Waals surface area (Å²) in [6, 6.07) is 0. The maximum absolute atomic E-state index is 10.5. The second-order valence-electron chi connectivity index (χ2n) is 2.45. The number of hydrogen-bond acceptors (Lipinski definition) is 5. The Bertz CT molecular complexity index is 155. The molecule has 0 aromatic rings. The van der Waals surface area contributed by atoms with Gasteiger partial charge in [0.15, 0.2) is 18.0 Å². The van der Waals surface area contributed by atoms with Crippen LogP contribution in [-0.2, 0) is 4.79 Å². The number of carboxylic acids is 1. The third-order valence-corrected chi connectivity index (χ3v) is 1.90. The normalized spacial score (nSPS) is 12.6. The van der Waals surface area contributed by atoms with E-state index in [0.717, 1.165) is 0 Å². The fourth-order valence-corrected chi connectivity index (χ4v) is 0.871. The molecule has 5 N–H and O–H groups in total. The van der Waals surface area contributed by atoms with Crippen molar-refractivity contribution in [3.8, 4) is 0 Å². The number of carbonyl (C=O) groups is 1. The third-order valence-electron chi connectivity index (χ3n) is 1.90. The van der Waals surface area contributed by atoms with Crippen molar-refractivity contribution < 1.29 is 30.3 Å². The lowest BCUT2D eigenvalue weighted by molar-refractivity contribution is -0.242. The summed E-state index contributed by atoms with van der Waals surface area (Å²) in [5.74, 6) is -1.66. The first-order chi connectivity index (χ1) is 5.39. The van der Waals surface area contributed by atoms with Crippen LogP contribution in [0.3, 0.4) is 0 Å². The molecule has 0 spiro atoms. The van der Waals surface area contributed by atoms with E-state index in [1.165, 1.54) is 6.92 Å². The van der Waals surface area contributed by atoms with Gasteiger partial charge in [-0.3, -0.25) is 4.79 Å². The Kier molecular flexibility index (Phi) is 3.59. The van der Waals surface area contributed by atoms with Crippen molar-refractivity contribution in [2.24, 2.45) is 5.41 Å². The molecule has 0 rings (SSSR count). The van der Waals surface area contributed by atoms with Crippen molar-refractivity contribution in [3.63, 3.8) is 0 Å². The van der Waals surface area contributed by atoms with Gasteiger partial charge in [-0.25, -0.2) is 0 Å². The summed E-state index contributed by atoms with van der Waals surface area (Å²) in [6.07, 6.45) is -4.91. The fourth-order valence-electron chi connectivity index (χ4n) is 0.871. The number of aliphatic hydroxyl groups excluding tert-OH is 2. The summed E-state index contributed by atoms with van der Waals surface area (Å²) >= 11 is 0. The predicted molar refractivity (Wildman–Crippen MR) is 36.8 cm³/mol. The molecule has 0 saturated carbocycles. The molecule has 0 saturated heterocycles. The first-order valence-electron chi connectivity index (χ1n) is 3.35. The highest BCUT2D eigenvalue weighted by molar-refractivity contribution is 5.75. The quantitative estimate of drug-likeness (QED) is 0.322. The summed E-state index contributed by atoms with van der Waals surface area (Å²) in [5.41, 5.74) is -2.32. The Balaban J connectivity index is 4.90. The molecular weight excluding hydrogens is 168 g/mol. The first kappa shape index (κ1) is 11.3. The van der Waals surface area contributed by atoms with E-state index < -0.39 is 24.0 Å². The lowest BCUT2D eigenvalue weighted by atomic mass is 9.83. The summed E-state index contributed by atoms with van der Waals surface area (Å²) in [7, 11) is 0. The molecule has 0 aliphatic carbocycles. The van der Waals surface area contributed by atoms with Crippen molar-refractivity contribution in [3.05, 3.63) is 0 Å². The summed E-state index contributed by atoms with van der Waals surface area (Å²) in [6.45, 7) is 1.31. The molecule has 0 aliphatic rings. The molecule has 0 heterocycles. The van der Waals surface area contributed by atoms with Crippen molar-refractivity contribution in [2.45, 2.75) is 25.9 Å². The van der Waals surface area contributed by atoms with Crippen molar-refractivity contribution in [1.29, 1.82) is 0 Å². The van der Waals surface area contributed by atoms with Gasteiger partial charge >= 0.3 is 5.97 Å². The first-order valence-corrected chi connectivity index (χ1v) is 3.35. The van der Waals surface area contributed by atoms with Gasteiger partial charge in [-0.2, -0.15) is 0 Å². The van der Waals surface area contributed by atoms with Gasteiger partial charge in [0.25, 0.3) is 0 Å². The van der Waals surface area contributed by atoms with E-state index in [-0.39, 0.29) is 6.42 Å². The van der Waals surface area contributed by atoms with E-state index in [1.54, 1.807) is 0 Å². The second-order valence-corrected chi connectivity index (χ2v) is 2.45. The molecule has 0 aromatic carbocycles. The Morgan fingerprint density at radius 2 is 1.58 bits per heavy atom.